The van der Waals surface area contributed by atoms with E-state index in [4.69, 9.17) is 5.73 Å². The van der Waals surface area contributed by atoms with E-state index in [2.05, 4.69) is 15.7 Å². The van der Waals surface area contributed by atoms with Crippen molar-refractivity contribution in [3.8, 4) is 0 Å². The van der Waals surface area contributed by atoms with Gasteiger partial charge in [0, 0.05) is 5.38 Å². The van der Waals surface area contributed by atoms with Gasteiger partial charge < -0.3 is 11.1 Å². The van der Waals surface area contributed by atoms with E-state index < -0.39 is 0 Å². The third-order valence-corrected chi connectivity index (χ3v) is 3.57. The molecule has 0 aromatic carbocycles. The predicted molar refractivity (Wildman–Crippen MR) is 59.5 cm³/mol. The van der Waals surface area contributed by atoms with Crippen molar-refractivity contribution in [3.63, 3.8) is 0 Å². The lowest BCUT2D eigenvalue weighted by Gasteiger charge is -2.04. The molecular weight excluding hydrogens is 194 g/mol. The van der Waals surface area contributed by atoms with Crippen LogP contribution in [0.1, 0.15) is 36.0 Å². The lowest BCUT2D eigenvalue weighted by molar-refractivity contribution is 0.639. The maximum atomic E-state index is 5.47. The fourth-order valence-corrected chi connectivity index (χ4v) is 2.74. The van der Waals surface area contributed by atoms with Gasteiger partial charge in [0.25, 0.3) is 0 Å². The molecule has 0 aliphatic carbocycles. The number of nitrogens with one attached hydrogen (secondary N) is 1. The summed E-state index contributed by atoms with van der Waals surface area (Å²) in [5.74, 6) is 0. The minimum atomic E-state index is 0.520. The standard InChI is InChI=1S/C10H17N3S/c11-5-1-3-8-7-14-10(13-8)9-4-2-6-12-9/h7,9,12H,1-6,11H2. The Morgan fingerprint density at radius 2 is 2.57 bits per heavy atom. The van der Waals surface area contributed by atoms with E-state index in [1.54, 1.807) is 11.3 Å². The number of thiazole rings is 1. The highest BCUT2D eigenvalue weighted by atomic mass is 32.1. The molecule has 0 saturated carbocycles. The molecule has 1 aromatic rings. The lowest BCUT2D eigenvalue weighted by atomic mass is 10.2. The number of hydrogen-bond acceptors (Lipinski definition) is 4. The van der Waals surface area contributed by atoms with Crippen molar-refractivity contribution in [2.45, 2.75) is 31.7 Å². The number of rotatable bonds is 4. The number of aryl methyl sites for hydroxylation is 1. The molecule has 4 heteroatoms. The van der Waals surface area contributed by atoms with Crippen LogP contribution in [0, 0.1) is 0 Å². The predicted octanol–water partition coefficient (Wildman–Crippen LogP) is 1.46. The Morgan fingerprint density at radius 3 is 3.29 bits per heavy atom. The van der Waals surface area contributed by atoms with Crippen molar-refractivity contribution in [2.75, 3.05) is 13.1 Å². The summed E-state index contributed by atoms with van der Waals surface area (Å²) in [5.41, 5.74) is 6.68. The van der Waals surface area contributed by atoms with Crippen LogP contribution in [0.4, 0.5) is 0 Å². The van der Waals surface area contributed by atoms with E-state index in [0.717, 1.165) is 25.9 Å². The summed E-state index contributed by atoms with van der Waals surface area (Å²) in [6, 6.07) is 0.520. The average Bonchev–Trinajstić information content (AvgIpc) is 2.85. The first kappa shape index (κ1) is 10.1. The second kappa shape index (κ2) is 4.87. The number of hydrogen-bond donors (Lipinski definition) is 2. The Morgan fingerprint density at radius 1 is 1.64 bits per heavy atom. The van der Waals surface area contributed by atoms with Crippen LogP contribution >= 0.6 is 11.3 Å². The average molecular weight is 211 g/mol. The van der Waals surface area contributed by atoms with Crippen molar-refractivity contribution in [1.29, 1.82) is 0 Å². The van der Waals surface area contributed by atoms with E-state index >= 15 is 0 Å². The van der Waals surface area contributed by atoms with E-state index in [1.165, 1.54) is 23.5 Å². The maximum absolute atomic E-state index is 5.47. The fourth-order valence-electron chi connectivity index (χ4n) is 1.78. The first-order chi connectivity index (χ1) is 6.90. The normalized spacial score (nSPS) is 21.6. The van der Waals surface area contributed by atoms with Crippen LogP contribution in [0.15, 0.2) is 5.38 Å². The SMILES string of the molecule is NCCCc1csc(C2CCCN2)n1. The van der Waals surface area contributed by atoms with Crippen LogP contribution in [-0.4, -0.2) is 18.1 Å². The molecule has 1 aliphatic rings. The van der Waals surface area contributed by atoms with Gasteiger partial charge in [0.1, 0.15) is 5.01 Å². The van der Waals surface area contributed by atoms with Crippen LogP contribution in [0.25, 0.3) is 0 Å². The third kappa shape index (κ3) is 2.32. The van der Waals surface area contributed by atoms with Crippen LogP contribution < -0.4 is 11.1 Å². The quantitative estimate of drug-likeness (QED) is 0.792. The van der Waals surface area contributed by atoms with Crippen molar-refractivity contribution in [3.05, 3.63) is 16.1 Å². The van der Waals surface area contributed by atoms with Crippen molar-refractivity contribution in [2.24, 2.45) is 5.73 Å². The second-order valence-corrected chi connectivity index (χ2v) is 4.61. The molecule has 0 radical (unpaired) electrons. The summed E-state index contributed by atoms with van der Waals surface area (Å²) >= 11 is 1.78. The van der Waals surface area contributed by atoms with E-state index in [1.807, 2.05) is 0 Å². The molecule has 3 N–H and O–H groups in total. The van der Waals surface area contributed by atoms with Gasteiger partial charge in [-0.2, -0.15) is 0 Å². The van der Waals surface area contributed by atoms with Crippen LogP contribution in [-0.2, 0) is 6.42 Å². The molecular formula is C10H17N3S. The number of nitrogens with zero attached hydrogens (tertiary/aromatic N) is 1. The van der Waals surface area contributed by atoms with Gasteiger partial charge in [-0.1, -0.05) is 0 Å². The van der Waals surface area contributed by atoms with Crippen LogP contribution in [0.2, 0.25) is 0 Å². The number of nitrogens with two attached hydrogens (primary N) is 1. The highest BCUT2D eigenvalue weighted by Crippen LogP contribution is 2.25. The largest absolute Gasteiger partial charge is 0.330 e. The molecule has 3 nitrogen and oxygen atoms in total. The molecule has 1 atom stereocenters. The Bertz CT molecular complexity index is 279. The minimum absolute atomic E-state index is 0.520. The molecule has 1 unspecified atom stereocenters. The Balaban J connectivity index is 1.94. The van der Waals surface area contributed by atoms with Crippen molar-refractivity contribution < 1.29 is 0 Å². The molecule has 2 rings (SSSR count). The van der Waals surface area contributed by atoms with Gasteiger partial charge in [0.2, 0.25) is 0 Å². The summed E-state index contributed by atoms with van der Waals surface area (Å²) in [6.45, 7) is 1.90. The molecule has 1 aliphatic heterocycles. The fraction of sp³-hybridized carbons (Fsp3) is 0.700. The molecule has 0 spiro atoms. The number of aromatic nitrogens is 1. The Labute approximate surface area is 88.7 Å². The zero-order valence-electron chi connectivity index (χ0n) is 8.33. The monoisotopic (exact) mass is 211 g/mol. The summed E-state index contributed by atoms with van der Waals surface area (Å²) in [7, 11) is 0. The minimum Gasteiger partial charge on any atom is -0.330 e. The van der Waals surface area contributed by atoms with Crippen molar-refractivity contribution >= 4 is 11.3 Å². The molecule has 14 heavy (non-hydrogen) atoms. The van der Waals surface area contributed by atoms with E-state index in [9.17, 15) is 0 Å². The van der Waals surface area contributed by atoms with Gasteiger partial charge in [-0.25, -0.2) is 4.98 Å². The lowest BCUT2D eigenvalue weighted by Crippen LogP contribution is -2.12. The Kier molecular flexibility index (Phi) is 3.50. The first-order valence-electron chi connectivity index (χ1n) is 5.28. The van der Waals surface area contributed by atoms with E-state index in [-0.39, 0.29) is 0 Å². The molecule has 1 saturated heterocycles. The summed E-state index contributed by atoms with van der Waals surface area (Å²) in [6.07, 6.45) is 4.59. The molecule has 0 bridgehead atoms. The van der Waals surface area contributed by atoms with Gasteiger partial charge in [0.15, 0.2) is 0 Å². The highest BCUT2D eigenvalue weighted by molar-refractivity contribution is 7.09. The maximum Gasteiger partial charge on any atom is 0.110 e. The zero-order chi connectivity index (χ0) is 9.80. The molecule has 1 aromatic heterocycles. The topological polar surface area (TPSA) is 50.9 Å². The summed E-state index contributed by atoms with van der Waals surface area (Å²) in [5, 5.41) is 6.90. The van der Waals surface area contributed by atoms with Gasteiger partial charge in [-0.3, -0.25) is 0 Å². The van der Waals surface area contributed by atoms with Gasteiger partial charge in [-0.15, -0.1) is 11.3 Å². The molecule has 1 fully saturated rings. The van der Waals surface area contributed by atoms with Crippen LogP contribution in [0.3, 0.4) is 0 Å². The molecule has 2 heterocycles. The molecule has 0 amide bonds. The second-order valence-electron chi connectivity index (χ2n) is 3.72. The third-order valence-electron chi connectivity index (χ3n) is 2.56. The first-order valence-corrected chi connectivity index (χ1v) is 6.16. The van der Waals surface area contributed by atoms with Crippen LogP contribution in [0.5, 0.6) is 0 Å². The zero-order valence-corrected chi connectivity index (χ0v) is 9.15. The van der Waals surface area contributed by atoms with Gasteiger partial charge >= 0.3 is 0 Å². The van der Waals surface area contributed by atoms with Gasteiger partial charge in [0.05, 0.1) is 11.7 Å². The van der Waals surface area contributed by atoms with Gasteiger partial charge in [-0.05, 0) is 38.8 Å². The smallest absolute Gasteiger partial charge is 0.110 e. The summed E-state index contributed by atoms with van der Waals surface area (Å²) < 4.78 is 0. The molecule has 78 valence electrons. The van der Waals surface area contributed by atoms with Crippen molar-refractivity contribution in [1.82, 2.24) is 10.3 Å². The van der Waals surface area contributed by atoms with E-state index in [0.29, 0.717) is 6.04 Å². The summed E-state index contributed by atoms with van der Waals surface area (Å²) in [4.78, 5) is 4.63. The highest BCUT2D eigenvalue weighted by Gasteiger charge is 2.18. The Hall–Kier alpha value is -0.450.